The number of aliphatic hydroxyl groups excluding tert-OH is 1. The molecule has 1 aliphatic heterocycles. The Hall–Kier alpha value is -2.20. The minimum absolute atomic E-state index is 0.0149. The maximum atomic E-state index is 9.41. The third-order valence-corrected chi connectivity index (χ3v) is 3.58. The molecule has 1 aliphatic rings. The Kier molecular flexibility index (Phi) is 3.97. The van der Waals surface area contributed by atoms with Gasteiger partial charge in [0.25, 0.3) is 0 Å². The van der Waals surface area contributed by atoms with Crippen LogP contribution < -0.4 is 14.2 Å². The molecule has 0 radical (unpaired) electrons. The van der Waals surface area contributed by atoms with Gasteiger partial charge in [-0.2, -0.15) is 0 Å². The molecule has 110 valence electrons. The first-order valence-corrected chi connectivity index (χ1v) is 6.96. The Bertz CT molecular complexity index is 577. The van der Waals surface area contributed by atoms with E-state index in [-0.39, 0.29) is 12.7 Å². The van der Waals surface area contributed by atoms with Gasteiger partial charge in [-0.1, -0.05) is 30.3 Å². The monoisotopic (exact) mass is 286 g/mol. The van der Waals surface area contributed by atoms with Gasteiger partial charge in [0.15, 0.2) is 11.5 Å². The number of benzene rings is 2. The van der Waals surface area contributed by atoms with E-state index in [9.17, 15) is 5.11 Å². The van der Waals surface area contributed by atoms with Gasteiger partial charge in [0.05, 0.1) is 13.7 Å². The molecule has 0 aromatic heterocycles. The van der Waals surface area contributed by atoms with Gasteiger partial charge in [-0.25, -0.2) is 0 Å². The maximum absolute atomic E-state index is 9.41. The second-order valence-electron chi connectivity index (χ2n) is 4.97. The van der Waals surface area contributed by atoms with Crippen LogP contribution in [-0.2, 0) is 13.0 Å². The topological polar surface area (TPSA) is 47.9 Å². The summed E-state index contributed by atoms with van der Waals surface area (Å²) in [5.74, 6) is 2.13. The van der Waals surface area contributed by atoms with E-state index in [4.69, 9.17) is 14.2 Å². The first-order chi connectivity index (χ1) is 10.3. The smallest absolute Gasteiger partial charge is 0.166 e. The van der Waals surface area contributed by atoms with Crippen molar-refractivity contribution in [3.05, 3.63) is 53.6 Å². The Balaban J connectivity index is 1.69. The minimum atomic E-state index is -0.0850. The van der Waals surface area contributed by atoms with Crippen LogP contribution in [0.1, 0.15) is 11.1 Å². The van der Waals surface area contributed by atoms with Gasteiger partial charge >= 0.3 is 0 Å². The molecule has 1 atom stereocenters. The zero-order chi connectivity index (χ0) is 14.7. The van der Waals surface area contributed by atoms with Crippen molar-refractivity contribution < 1.29 is 19.3 Å². The fraction of sp³-hybridized carbons (Fsp3) is 0.294. The second-order valence-corrected chi connectivity index (χ2v) is 4.97. The highest BCUT2D eigenvalue weighted by Crippen LogP contribution is 2.33. The Morgan fingerprint density at radius 3 is 2.81 bits per heavy atom. The molecule has 0 fully saturated rings. The first kappa shape index (κ1) is 13.8. The van der Waals surface area contributed by atoms with Crippen LogP contribution in [0.3, 0.4) is 0 Å². The molecule has 2 aromatic carbocycles. The lowest BCUT2D eigenvalue weighted by molar-refractivity contribution is 0.143. The molecule has 1 unspecified atom stereocenters. The third kappa shape index (κ3) is 2.81. The standard InChI is InChI=1S/C17H18O4/c1-19-16-8-4-6-13(10-18)17(16)20-11-14-9-12-5-2-3-7-15(12)21-14/h2-8,14,18H,9-11H2,1H3. The summed E-state index contributed by atoms with van der Waals surface area (Å²) in [5, 5.41) is 9.41. The summed E-state index contributed by atoms with van der Waals surface area (Å²) in [4.78, 5) is 0. The van der Waals surface area contributed by atoms with Crippen LogP contribution >= 0.6 is 0 Å². The van der Waals surface area contributed by atoms with E-state index in [1.807, 2.05) is 36.4 Å². The zero-order valence-corrected chi connectivity index (χ0v) is 11.9. The van der Waals surface area contributed by atoms with Crippen LogP contribution in [0.2, 0.25) is 0 Å². The first-order valence-electron chi connectivity index (χ1n) is 6.96. The minimum Gasteiger partial charge on any atom is -0.493 e. The van der Waals surface area contributed by atoms with Crippen molar-refractivity contribution in [3.8, 4) is 17.2 Å². The lowest BCUT2D eigenvalue weighted by Crippen LogP contribution is -2.22. The van der Waals surface area contributed by atoms with Crippen LogP contribution in [-0.4, -0.2) is 24.9 Å². The van der Waals surface area contributed by atoms with Gasteiger partial charge in [-0.05, 0) is 17.7 Å². The molecule has 0 spiro atoms. The van der Waals surface area contributed by atoms with E-state index in [1.165, 1.54) is 5.56 Å². The predicted molar refractivity (Wildman–Crippen MR) is 79.0 cm³/mol. The van der Waals surface area contributed by atoms with Crippen LogP contribution in [0.25, 0.3) is 0 Å². The van der Waals surface area contributed by atoms with E-state index in [1.54, 1.807) is 7.11 Å². The molecular formula is C17H18O4. The van der Waals surface area contributed by atoms with E-state index in [2.05, 4.69) is 6.07 Å². The number of hydrogen-bond acceptors (Lipinski definition) is 4. The summed E-state index contributed by atoms with van der Waals surface area (Å²) in [6, 6.07) is 13.5. The van der Waals surface area contributed by atoms with Gasteiger partial charge in [-0.15, -0.1) is 0 Å². The molecule has 4 nitrogen and oxygen atoms in total. The molecule has 21 heavy (non-hydrogen) atoms. The molecule has 0 saturated carbocycles. The van der Waals surface area contributed by atoms with Gasteiger partial charge in [0.2, 0.25) is 0 Å². The number of aliphatic hydroxyl groups is 1. The highest BCUT2D eigenvalue weighted by Gasteiger charge is 2.23. The van der Waals surface area contributed by atoms with Crippen LogP contribution in [0.4, 0.5) is 0 Å². The highest BCUT2D eigenvalue weighted by molar-refractivity contribution is 5.46. The predicted octanol–water partition coefficient (Wildman–Crippen LogP) is 2.57. The van der Waals surface area contributed by atoms with E-state index >= 15 is 0 Å². The molecule has 0 saturated heterocycles. The molecule has 1 heterocycles. The normalized spacial score (nSPS) is 16.2. The van der Waals surface area contributed by atoms with Gasteiger partial charge in [0.1, 0.15) is 18.5 Å². The van der Waals surface area contributed by atoms with Crippen molar-refractivity contribution in [2.75, 3.05) is 13.7 Å². The lowest BCUT2D eigenvalue weighted by atomic mass is 10.1. The fourth-order valence-corrected chi connectivity index (χ4v) is 2.53. The molecule has 1 N–H and O–H groups in total. The van der Waals surface area contributed by atoms with Crippen molar-refractivity contribution >= 4 is 0 Å². The number of ether oxygens (including phenoxy) is 3. The lowest BCUT2D eigenvalue weighted by Gasteiger charge is -2.16. The van der Waals surface area contributed by atoms with Crippen molar-refractivity contribution in [1.82, 2.24) is 0 Å². The quantitative estimate of drug-likeness (QED) is 0.917. The van der Waals surface area contributed by atoms with E-state index in [0.29, 0.717) is 23.7 Å². The summed E-state index contributed by atoms with van der Waals surface area (Å²) in [6.45, 7) is 0.334. The van der Waals surface area contributed by atoms with E-state index < -0.39 is 0 Å². The Labute approximate surface area is 123 Å². The SMILES string of the molecule is COc1cccc(CO)c1OCC1Cc2ccccc2O1. The molecule has 0 amide bonds. The van der Waals surface area contributed by atoms with Crippen LogP contribution in [0.5, 0.6) is 17.2 Å². The number of hydrogen-bond donors (Lipinski definition) is 1. The van der Waals surface area contributed by atoms with E-state index in [0.717, 1.165) is 12.2 Å². The molecule has 2 aromatic rings. The van der Waals surface area contributed by atoms with Gasteiger partial charge < -0.3 is 19.3 Å². The van der Waals surface area contributed by atoms with Crippen LogP contribution in [0, 0.1) is 0 Å². The summed E-state index contributed by atoms with van der Waals surface area (Å²) in [6.07, 6.45) is 0.818. The number of rotatable bonds is 5. The highest BCUT2D eigenvalue weighted by atomic mass is 16.5. The van der Waals surface area contributed by atoms with Gasteiger partial charge in [-0.3, -0.25) is 0 Å². The number of para-hydroxylation sites is 2. The molecule has 0 aliphatic carbocycles. The van der Waals surface area contributed by atoms with Crippen molar-refractivity contribution in [1.29, 1.82) is 0 Å². The number of fused-ring (bicyclic) bond motifs is 1. The Morgan fingerprint density at radius 2 is 2.05 bits per heavy atom. The fourth-order valence-electron chi connectivity index (χ4n) is 2.53. The average molecular weight is 286 g/mol. The molecular weight excluding hydrogens is 268 g/mol. The largest absolute Gasteiger partial charge is 0.493 e. The van der Waals surface area contributed by atoms with Gasteiger partial charge in [0, 0.05) is 12.0 Å². The van der Waals surface area contributed by atoms with Crippen LogP contribution in [0.15, 0.2) is 42.5 Å². The maximum Gasteiger partial charge on any atom is 0.166 e. The van der Waals surface area contributed by atoms with Crippen molar-refractivity contribution in [2.45, 2.75) is 19.1 Å². The summed E-state index contributed by atoms with van der Waals surface area (Å²) < 4.78 is 17.0. The second kappa shape index (κ2) is 6.06. The average Bonchev–Trinajstić information content (AvgIpc) is 2.95. The summed E-state index contributed by atoms with van der Waals surface area (Å²) >= 11 is 0. The molecule has 4 heteroatoms. The zero-order valence-electron chi connectivity index (χ0n) is 11.9. The summed E-state index contributed by atoms with van der Waals surface area (Å²) in [5.41, 5.74) is 1.92. The molecule has 3 rings (SSSR count). The Morgan fingerprint density at radius 1 is 1.19 bits per heavy atom. The number of methoxy groups -OCH3 is 1. The molecule has 0 bridgehead atoms. The van der Waals surface area contributed by atoms with Crippen molar-refractivity contribution in [2.24, 2.45) is 0 Å². The third-order valence-electron chi connectivity index (χ3n) is 3.58. The van der Waals surface area contributed by atoms with Crippen molar-refractivity contribution in [3.63, 3.8) is 0 Å². The summed E-state index contributed by atoms with van der Waals surface area (Å²) in [7, 11) is 1.59.